The van der Waals surface area contributed by atoms with Crippen molar-refractivity contribution in [3.8, 4) is 0 Å². The van der Waals surface area contributed by atoms with E-state index in [-0.39, 0.29) is 6.15 Å². The predicted octanol–water partition coefficient (Wildman–Crippen LogP) is -0.963. The van der Waals surface area contributed by atoms with Crippen LogP contribution in [-0.2, 0) is 15.2 Å². The first-order chi connectivity index (χ1) is 6.68. The maximum Gasteiger partial charge on any atom is 0.394 e. The lowest BCUT2D eigenvalue weighted by atomic mass is 10.1. The van der Waals surface area contributed by atoms with E-state index in [1.807, 2.05) is 0 Å². The van der Waals surface area contributed by atoms with Crippen LogP contribution in [0.25, 0.3) is 0 Å². The number of unbranched alkanes of at least 4 members (excludes halogenated alkanes) is 1. The van der Waals surface area contributed by atoms with Crippen molar-refractivity contribution in [1.29, 1.82) is 0 Å². The van der Waals surface area contributed by atoms with E-state index in [2.05, 4.69) is 0 Å². The van der Waals surface area contributed by atoms with Crippen molar-refractivity contribution >= 4 is 16.4 Å². The highest BCUT2D eigenvalue weighted by Gasteiger charge is 2.09. The van der Waals surface area contributed by atoms with E-state index in [0.29, 0.717) is 13.0 Å². The molecule has 0 aromatic carbocycles. The Morgan fingerprint density at radius 2 is 1.62 bits per heavy atom. The van der Waals surface area contributed by atoms with Gasteiger partial charge in [0.2, 0.25) is 0 Å². The molecule has 0 radical (unpaired) electrons. The second-order valence-corrected chi connectivity index (χ2v) is 3.57. The van der Waals surface area contributed by atoms with Gasteiger partial charge in [-0.3, -0.25) is 13.9 Å². The first-order valence-electron chi connectivity index (χ1n) is 4.06. The number of carbonyl (C=O) groups is 1. The van der Waals surface area contributed by atoms with Crippen molar-refractivity contribution in [3.05, 3.63) is 0 Å². The van der Waals surface area contributed by atoms with Crippen LogP contribution in [0, 0.1) is 0 Å². The largest absolute Gasteiger partial charge is 0.480 e. The van der Waals surface area contributed by atoms with Crippen molar-refractivity contribution in [2.45, 2.75) is 25.3 Å². The molecule has 0 aromatic rings. The van der Waals surface area contributed by atoms with Gasteiger partial charge in [0.1, 0.15) is 6.04 Å². The standard InChI is InChI=1S/C6H14N2O2.H3N.H2O4S/c7-4-2-1-3-5(8)6(9)10;;1-5(2,3)4/h5H,1-4,7-8H2,(H,9,10);1H3;(H2,1,2,3,4)/t5-;;/m0../s1. The van der Waals surface area contributed by atoms with Gasteiger partial charge in [-0.2, -0.15) is 8.42 Å². The van der Waals surface area contributed by atoms with Crippen LogP contribution in [0.15, 0.2) is 0 Å². The first kappa shape index (κ1) is 20.6. The van der Waals surface area contributed by atoms with Crippen LogP contribution in [-0.4, -0.2) is 41.2 Å². The van der Waals surface area contributed by atoms with Crippen molar-refractivity contribution in [2.75, 3.05) is 6.54 Å². The average molecular weight is 261 g/mol. The first-order valence-corrected chi connectivity index (χ1v) is 5.46. The Morgan fingerprint density at radius 3 is 1.88 bits per heavy atom. The number of rotatable bonds is 5. The van der Waals surface area contributed by atoms with Gasteiger partial charge >= 0.3 is 16.4 Å². The number of hydrogen-bond donors (Lipinski definition) is 6. The van der Waals surface area contributed by atoms with Crippen LogP contribution in [0.5, 0.6) is 0 Å². The minimum atomic E-state index is -4.67. The summed E-state index contributed by atoms with van der Waals surface area (Å²) in [6.45, 7) is 0.604. The Hall–Kier alpha value is -0.780. The minimum Gasteiger partial charge on any atom is -0.480 e. The number of aliphatic carboxylic acids is 1. The summed E-state index contributed by atoms with van der Waals surface area (Å²) in [4.78, 5) is 10.1. The minimum absolute atomic E-state index is 0. The van der Waals surface area contributed by atoms with Gasteiger partial charge in [0.25, 0.3) is 0 Å². The van der Waals surface area contributed by atoms with Crippen LogP contribution in [0.4, 0.5) is 0 Å². The Bertz CT molecular complexity index is 259. The highest BCUT2D eigenvalue weighted by Crippen LogP contribution is 1.96. The van der Waals surface area contributed by atoms with Crippen molar-refractivity contribution in [3.63, 3.8) is 0 Å². The molecular formula is C6H19N3O6S. The van der Waals surface area contributed by atoms with Crippen molar-refractivity contribution in [2.24, 2.45) is 11.5 Å². The third kappa shape index (κ3) is 29.2. The zero-order valence-electron chi connectivity index (χ0n) is 8.74. The van der Waals surface area contributed by atoms with Gasteiger partial charge in [0.05, 0.1) is 0 Å². The molecule has 0 fully saturated rings. The van der Waals surface area contributed by atoms with E-state index in [1.54, 1.807) is 0 Å². The van der Waals surface area contributed by atoms with Crippen molar-refractivity contribution in [1.82, 2.24) is 6.15 Å². The fraction of sp³-hybridized carbons (Fsp3) is 0.833. The second kappa shape index (κ2) is 10.7. The smallest absolute Gasteiger partial charge is 0.394 e. The molecule has 10 N–H and O–H groups in total. The number of carboxylic acids is 1. The van der Waals surface area contributed by atoms with Crippen LogP contribution in [0.1, 0.15) is 19.3 Å². The maximum absolute atomic E-state index is 10.1. The lowest BCUT2D eigenvalue weighted by molar-refractivity contribution is -0.138. The van der Waals surface area contributed by atoms with Gasteiger partial charge in [0.15, 0.2) is 0 Å². The summed E-state index contributed by atoms with van der Waals surface area (Å²) in [6, 6.07) is -0.716. The van der Waals surface area contributed by atoms with Crippen molar-refractivity contribution < 1.29 is 27.4 Å². The van der Waals surface area contributed by atoms with E-state index in [4.69, 9.17) is 34.1 Å². The summed E-state index contributed by atoms with van der Waals surface area (Å²) >= 11 is 0. The van der Waals surface area contributed by atoms with Crippen LogP contribution in [0.2, 0.25) is 0 Å². The highest BCUT2D eigenvalue weighted by atomic mass is 32.3. The molecule has 1 atom stereocenters. The van der Waals surface area contributed by atoms with E-state index < -0.39 is 22.4 Å². The topological polar surface area (TPSA) is 199 Å². The lowest BCUT2D eigenvalue weighted by Crippen LogP contribution is -2.29. The summed E-state index contributed by atoms with van der Waals surface area (Å²) in [5.74, 6) is -0.933. The summed E-state index contributed by atoms with van der Waals surface area (Å²) in [5.41, 5.74) is 10.4. The summed E-state index contributed by atoms with van der Waals surface area (Å²) < 4.78 is 31.6. The number of hydrogen-bond acceptors (Lipinski definition) is 6. The molecule has 0 aliphatic rings. The molecule has 0 aromatic heterocycles. The Balaban J connectivity index is -0.000000242. The molecule has 16 heavy (non-hydrogen) atoms. The summed E-state index contributed by atoms with van der Waals surface area (Å²) in [7, 11) is -4.67. The fourth-order valence-corrected chi connectivity index (χ4v) is 0.632. The Morgan fingerprint density at radius 1 is 1.25 bits per heavy atom. The monoisotopic (exact) mass is 261 g/mol. The summed E-state index contributed by atoms with van der Waals surface area (Å²) in [5, 5.41) is 8.33. The Labute approximate surface area is 94.0 Å². The summed E-state index contributed by atoms with van der Waals surface area (Å²) in [6.07, 6.45) is 2.16. The molecule has 9 nitrogen and oxygen atoms in total. The van der Waals surface area contributed by atoms with Crippen LogP contribution >= 0.6 is 0 Å². The molecule has 0 aliphatic carbocycles. The third-order valence-electron chi connectivity index (χ3n) is 1.29. The zero-order chi connectivity index (χ0) is 12.5. The van der Waals surface area contributed by atoms with E-state index in [9.17, 15) is 4.79 Å². The van der Waals surface area contributed by atoms with Crippen LogP contribution < -0.4 is 17.6 Å². The molecule has 10 heteroatoms. The predicted molar refractivity (Wildman–Crippen MR) is 57.7 cm³/mol. The highest BCUT2D eigenvalue weighted by molar-refractivity contribution is 7.79. The van der Waals surface area contributed by atoms with Gasteiger partial charge in [-0.1, -0.05) is 6.42 Å². The normalized spacial score (nSPS) is 11.8. The molecule has 0 amide bonds. The van der Waals surface area contributed by atoms with Gasteiger partial charge in [-0.15, -0.1) is 0 Å². The average Bonchev–Trinajstić information content (AvgIpc) is 2.01. The quantitative estimate of drug-likeness (QED) is 0.266. The SMILES string of the molecule is N.NCCCC[C@H](N)C(=O)O.O=S(=O)(O)O. The Kier molecular flexibility index (Phi) is 13.8. The molecule has 0 spiro atoms. The van der Waals surface area contributed by atoms with Gasteiger partial charge < -0.3 is 22.7 Å². The zero-order valence-corrected chi connectivity index (χ0v) is 9.56. The number of carboxylic acid groups (broad SMARTS) is 1. The molecular weight excluding hydrogens is 242 g/mol. The molecule has 0 heterocycles. The molecule has 0 saturated heterocycles. The van der Waals surface area contributed by atoms with E-state index in [1.165, 1.54) is 0 Å². The van der Waals surface area contributed by atoms with Crippen LogP contribution in [0.3, 0.4) is 0 Å². The van der Waals surface area contributed by atoms with Gasteiger partial charge in [-0.05, 0) is 19.4 Å². The second-order valence-electron chi connectivity index (χ2n) is 2.68. The molecule has 0 rings (SSSR count). The molecule has 0 saturated carbocycles. The molecule has 0 unspecified atom stereocenters. The fourth-order valence-electron chi connectivity index (χ4n) is 0.632. The molecule has 100 valence electrons. The van der Waals surface area contributed by atoms with Gasteiger partial charge in [0, 0.05) is 0 Å². The van der Waals surface area contributed by atoms with Gasteiger partial charge in [-0.25, -0.2) is 0 Å². The third-order valence-corrected chi connectivity index (χ3v) is 1.29. The maximum atomic E-state index is 10.1. The van der Waals surface area contributed by atoms with E-state index in [0.717, 1.165) is 12.8 Å². The van der Waals surface area contributed by atoms with E-state index >= 15 is 0 Å². The molecule has 0 bridgehead atoms. The number of nitrogens with two attached hydrogens (primary N) is 2. The lowest BCUT2D eigenvalue weighted by Gasteiger charge is -2.03. The molecule has 0 aliphatic heterocycles.